The normalized spacial score (nSPS) is 15.1. The van der Waals surface area contributed by atoms with Crippen molar-refractivity contribution in [3.8, 4) is 0 Å². The molecule has 1 aliphatic heterocycles. The van der Waals surface area contributed by atoms with E-state index >= 15 is 0 Å². The Balaban J connectivity index is 0.00000280. The van der Waals surface area contributed by atoms with Crippen molar-refractivity contribution >= 4 is 35.6 Å². The maximum atomic E-state index is 13.4. The van der Waals surface area contributed by atoms with E-state index in [0.717, 1.165) is 50.5 Å². The number of anilines is 1. The van der Waals surface area contributed by atoms with Crippen LogP contribution in [0, 0.1) is 5.82 Å². The Hall–Kier alpha value is -1.83. The SMILES string of the molecule is CCc1ccccc1CNC(=NC)NC1CCN(c2cccc(F)c2)CC1.I. The summed E-state index contributed by atoms with van der Waals surface area (Å²) in [5, 5.41) is 6.97. The zero-order valence-corrected chi connectivity index (χ0v) is 18.9. The highest BCUT2D eigenvalue weighted by atomic mass is 127. The predicted octanol–water partition coefficient (Wildman–Crippen LogP) is 4.34. The molecule has 0 bridgehead atoms. The highest BCUT2D eigenvalue weighted by molar-refractivity contribution is 14.0. The number of hydrogen-bond acceptors (Lipinski definition) is 2. The molecule has 1 aliphatic rings. The number of aryl methyl sites for hydroxylation is 1. The van der Waals surface area contributed by atoms with Crippen molar-refractivity contribution in [2.75, 3.05) is 25.0 Å². The molecule has 0 radical (unpaired) electrons. The van der Waals surface area contributed by atoms with Gasteiger partial charge in [-0.15, -0.1) is 24.0 Å². The van der Waals surface area contributed by atoms with Crippen molar-refractivity contribution < 1.29 is 4.39 Å². The van der Waals surface area contributed by atoms with Crippen molar-refractivity contribution in [2.24, 2.45) is 4.99 Å². The van der Waals surface area contributed by atoms with Crippen molar-refractivity contribution in [1.29, 1.82) is 0 Å². The highest BCUT2D eigenvalue weighted by Crippen LogP contribution is 2.20. The molecule has 152 valence electrons. The second-order valence-corrected chi connectivity index (χ2v) is 6.93. The lowest BCUT2D eigenvalue weighted by atomic mass is 10.0. The van der Waals surface area contributed by atoms with Crippen molar-refractivity contribution in [3.63, 3.8) is 0 Å². The van der Waals surface area contributed by atoms with E-state index in [9.17, 15) is 4.39 Å². The zero-order chi connectivity index (χ0) is 19.1. The van der Waals surface area contributed by atoms with Crippen LogP contribution in [0.2, 0.25) is 0 Å². The number of guanidine groups is 1. The fourth-order valence-electron chi connectivity index (χ4n) is 3.60. The molecule has 1 fully saturated rings. The van der Waals surface area contributed by atoms with E-state index in [4.69, 9.17) is 0 Å². The van der Waals surface area contributed by atoms with Gasteiger partial charge >= 0.3 is 0 Å². The molecule has 3 rings (SSSR count). The molecule has 0 saturated carbocycles. The van der Waals surface area contributed by atoms with Crippen molar-refractivity contribution in [1.82, 2.24) is 10.6 Å². The lowest BCUT2D eigenvalue weighted by molar-refractivity contribution is 0.461. The van der Waals surface area contributed by atoms with E-state index in [0.29, 0.717) is 6.04 Å². The van der Waals surface area contributed by atoms with Crippen LogP contribution in [-0.2, 0) is 13.0 Å². The van der Waals surface area contributed by atoms with E-state index in [1.807, 2.05) is 13.1 Å². The second-order valence-electron chi connectivity index (χ2n) is 6.93. The molecule has 0 atom stereocenters. The quantitative estimate of drug-likeness (QED) is 0.368. The molecule has 2 aromatic rings. The summed E-state index contributed by atoms with van der Waals surface area (Å²) in [6, 6.07) is 15.7. The minimum absolute atomic E-state index is 0. The standard InChI is InChI=1S/C22H29FN4.HI/c1-3-17-7-4-5-8-18(17)16-25-22(24-2)26-20-11-13-27(14-12-20)21-10-6-9-19(23)15-21;/h4-10,15,20H,3,11-14,16H2,1-2H3,(H2,24,25,26);1H. The smallest absolute Gasteiger partial charge is 0.191 e. The van der Waals surface area contributed by atoms with Crippen LogP contribution in [0.3, 0.4) is 0 Å². The number of halogens is 2. The monoisotopic (exact) mass is 496 g/mol. The number of nitrogens with zero attached hydrogens (tertiary/aromatic N) is 2. The first kappa shape index (κ1) is 22.5. The third kappa shape index (κ3) is 6.09. The third-order valence-electron chi connectivity index (χ3n) is 5.18. The topological polar surface area (TPSA) is 39.7 Å². The van der Waals surface area contributed by atoms with E-state index in [2.05, 4.69) is 51.7 Å². The summed E-state index contributed by atoms with van der Waals surface area (Å²) >= 11 is 0. The summed E-state index contributed by atoms with van der Waals surface area (Å²) in [6.07, 6.45) is 3.04. The van der Waals surface area contributed by atoms with Gasteiger partial charge in [-0.2, -0.15) is 0 Å². The Labute approximate surface area is 184 Å². The number of rotatable bonds is 5. The number of aliphatic imine (C=N–C) groups is 1. The van der Waals surface area contributed by atoms with Crippen molar-refractivity contribution in [3.05, 3.63) is 65.5 Å². The average molecular weight is 496 g/mol. The van der Waals surface area contributed by atoms with E-state index in [1.54, 1.807) is 12.1 Å². The summed E-state index contributed by atoms with van der Waals surface area (Å²) in [5.41, 5.74) is 3.64. The summed E-state index contributed by atoms with van der Waals surface area (Å²) in [6.45, 7) is 4.78. The molecular weight excluding hydrogens is 466 g/mol. The van der Waals surface area contributed by atoms with Gasteiger partial charge in [0.25, 0.3) is 0 Å². The number of hydrogen-bond donors (Lipinski definition) is 2. The van der Waals surface area contributed by atoms with Crippen LogP contribution in [0.5, 0.6) is 0 Å². The molecule has 0 unspecified atom stereocenters. The number of benzene rings is 2. The Kier molecular flexibility index (Phi) is 9.02. The average Bonchev–Trinajstić information content (AvgIpc) is 2.71. The van der Waals surface area contributed by atoms with Gasteiger partial charge in [-0.1, -0.05) is 37.3 Å². The lowest BCUT2D eigenvalue weighted by Gasteiger charge is -2.34. The molecule has 6 heteroatoms. The minimum Gasteiger partial charge on any atom is -0.371 e. The van der Waals surface area contributed by atoms with E-state index < -0.39 is 0 Å². The van der Waals surface area contributed by atoms with Gasteiger partial charge in [0.15, 0.2) is 5.96 Å². The summed E-state index contributed by atoms with van der Waals surface area (Å²) in [7, 11) is 1.81. The number of nitrogens with one attached hydrogen (secondary N) is 2. The van der Waals surface area contributed by atoms with Gasteiger partial charge in [-0.3, -0.25) is 4.99 Å². The van der Waals surface area contributed by atoms with Crippen LogP contribution in [0.4, 0.5) is 10.1 Å². The summed E-state index contributed by atoms with van der Waals surface area (Å²) in [4.78, 5) is 6.62. The van der Waals surface area contributed by atoms with E-state index in [-0.39, 0.29) is 29.8 Å². The highest BCUT2D eigenvalue weighted by Gasteiger charge is 2.20. The summed E-state index contributed by atoms with van der Waals surface area (Å²) < 4.78 is 13.4. The molecule has 0 amide bonds. The maximum Gasteiger partial charge on any atom is 0.191 e. The summed E-state index contributed by atoms with van der Waals surface area (Å²) in [5.74, 6) is 0.662. The van der Waals surface area contributed by atoms with Crippen LogP contribution in [-0.4, -0.2) is 32.1 Å². The first-order chi connectivity index (χ1) is 13.2. The van der Waals surface area contributed by atoms with Crippen molar-refractivity contribution in [2.45, 2.75) is 38.8 Å². The first-order valence-electron chi connectivity index (χ1n) is 9.74. The van der Waals surface area contributed by atoms with Gasteiger partial charge in [-0.05, 0) is 48.6 Å². The maximum absolute atomic E-state index is 13.4. The predicted molar refractivity (Wildman–Crippen MR) is 126 cm³/mol. The molecule has 0 spiro atoms. The van der Waals surface area contributed by atoms with Gasteiger partial charge in [-0.25, -0.2) is 4.39 Å². The molecular formula is C22H30FIN4. The second kappa shape index (κ2) is 11.2. The lowest BCUT2D eigenvalue weighted by Crippen LogP contribution is -2.48. The van der Waals surface area contributed by atoms with Crippen LogP contribution < -0.4 is 15.5 Å². The molecule has 2 aromatic carbocycles. The Morgan fingerprint density at radius 1 is 1.11 bits per heavy atom. The Bertz CT molecular complexity index is 773. The van der Waals surface area contributed by atoms with Crippen LogP contribution in [0.25, 0.3) is 0 Å². The third-order valence-corrected chi connectivity index (χ3v) is 5.18. The van der Waals surface area contributed by atoms with Gasteiger partial charge in [0.2, 0.25) is 0 Å². The van der Waals surface area contributed by atoms with Gasteiger partial charge in [0, 0.05) is 38.4 Å². The van der Waals surface area contributed by atoms with Crippen LogP contribution in [0.1, 0.15) is 30.9 Å². The molecule has 0 aromatic heterocycles. The minimum atomic E-state index is -0.176. The zero-order valence-electron chi connectivity index (χ0n) is 16.6. The van der Waals surface area contributed by atoms with Gasteiger partial charge in [0.1, 0.15) is 5.82 Å². The molecule has 1 heterocycles. The largest absolute Gasteiger partial charge is 0.371 e. The molecule has 0 aliphatic carbocycles. The van der Waals surface area contributed by atoms with Gasteiger partial charge < -0.3 is 15.5 Å². The molecule has 28 heavy (non-hydrogen) atoms. The van der Waals surface area contributed by atoms with E-state index in [1.165, 1.54) is 17.2 Å². The molecule has 2 N–H and O–H groups in total. The fraction of sp³-hybridized carbons (Fsp3) is 0.409. The fourth-order valence-corrected chi connectivity index (χ4v) is 3.60. The molecule has 4 nitrogen and oxygen atoms in total. The molecule has 1 saturated heterocycles. The van der Waals surface area contributed by atoms with Crippen LogP contribution in [0.15, 0.2) is 53.5 Å². The van der Waals surface area contributed by atoms with Crippen LogP contribution >= 0.6 is 24.0 Å². The number of piperidine rings is 1. The first-order valence-corrected chi connectivity index (χ1v) is 9.74. The van der Waals surface area contributed by atoms with Gasteiger partial charge in [0.05, 0.1) is 0 Å². The Morgan fingerprint density at radius 3 is 2.46 bits per heavy atom. The Morgan fingerprint density at radius 2 is 1.82 bits per heavy atom.